The van der Waals surface area contributed by atoms with Crippen molar-refractivity contribution < 1.29 is 24.2 Å². The number of carbonyl (C=O) groups excluding carboxylic acids is 2. The molecule has 0 aliphatic carbocycles. The molecule has 0 fully saturated rings. The Morgan fingerprint density at radius 3 is 2.47 bits per heavy atom. The van der Waals surface area contributed by atoms with Gasteiger partial charge in [-0.15, -0.1) is 0 Å². The number of carboxylic acid groups (broad SMARTS) is 1. The number of nitrogens with one attached hydrogen (secondary N) is 3. The maximum absolute atomic E-state index is 12.4. The quantitative estimate of drug-likeness (QED) is 0.456. The van der Waals surface area contributed by atoms with Crippen molar-refractivity contribution in [2.75, 3.05) is 0 Å². The van der Waals surface area contributed by atoms with E-state index < -0.39 is 30.1 Å². The number of benzene rings is 2. The van der Waals surface area contributed by atoms with E-state index in [0.29, 0.717) is 0 Å². The average molecular weight is 409 g/mol. The first-order valence-electron chi connectivity index (χ1n) is 9.49. The number of aliphatic carboxylic acids is 1. The number of ether oxygens (including phenoxy) is 1. The van der Waals surface area contributed by atoms with Crippen LogP contribution in [0.25, 0.3) is 10.9 Å². The van der Waals surface area contributed by atoms with Crippen LogP contribution >= 0.6 is 0 Å². The van der Waals surface area contributed by atoms with Crippen LogP contribution in [0.3, 0.4) is 0 Å². The van der Waals surface area contributed by atoms with E-state index in [0.717, 1.165) is 22.0 Å². The van der Waals surface area contributed by atoms with Crippen LogP contribution in [0.15, 0.2) is 60.8 Å². The third-order valence-corrected chi connectivity index (χ3v) is 4.65. The van der Waals surface area contributed by atoms with E-state index in [1.165, 1.54) is 6.92 Å². The lowest BCUT2D eigenvalue weighted by Crippen LogP contribution is -2.51. The molecule has 8 nitrogen and oxygen atoms in total. The molecule has 1 unspecified atom stereocenters. The van der Waals surface area contributed by atoms with Crippen LogP contribution in [0.4, 0.5) is 4.79 Å². The van der Waals surface area contributed by atoms with Crippen LogP contribution in [-0.4, -0.2) is 40.1 Å². The second kappa shape index (κ2) is 9.60. The van der Waals surface area contributed by atoms with Crippen LogP contribution in [-0.2, 0) is 27.4 Å². The molecule has 156 valence electrons. The maximum atomic E-state index is 12.4. The zero-order valence-corrected chi connectivity index (χ0v) is 16.4. The Hall–Kier alpha value is -3.81. The lowest BCUT2D eigenvalue weighted by Gasteiger charge is -2.18. The number of carbonyl (C=O) groups is 3. The molecule has 4 N–H and O–H groups in total. The van der Waals surface area contributed by atoms with Crippen LogP contribution in [0.5, 0.6) is 0 Å². The highest BCUT2D eigenvalue weighted by Crippen LogP contribution is 2.19. The highest BCUT2D eigenvalue weighted by Gasteiger charge is 2.25. The van der Waals surface area contributed by atoms with E-state index in [1.54, 1.807) is 6.20 Å². The van der Waals surface area contributed by atoms with Crippen molar-refractivity contribution in [2.24, 2.45) is 0 Å². The molecule has 1 heterocycles. The third kappa shape index (κ3) is 5.38. The van der Waals surface area contributed by atoms with Gasteiger partial charge in [0.1, 0.15) is 18.7 Å². The Kier molecular flexibility index (Phi) is 6.69. The molecular formula is C22H23N3O5. The first kappa shape index (κ1) is 20.9. The number of aromatic amines is 1. The van der Waals surface area contributed by atoms with Gasteiger partial charge in [0.2, 0.25) is 5.91 Å². The van der Waals surface area contributed by atoms with Gasteiger partial charge in [0.25, 0.3) is 0 Å². The average Bonchev–Trinajstić information content (AvgIpc) is 3.15. The van der Waals surface area contributed by atoms with Crippen molar-refractivity contribution in [3.05, 3.63) is 71.9 Å². The summed E-state index contributed by atoms with van der Waals surface area (Å²) in [6.45, 7) is 1.53. The Bertz CT molecular complexity index is 1030. The smallest absolute Gasteiger partial charge is 0.408 e. The summed E-state index contributed by atoms with van der Waals surface area (Å²) in [7, 11) is 0. The zero-order valence-electron chi connectivity index (χ0n) is 16.4. The Balaban J connectivity index is 1.55. The molecule has 2 amide bonds. The number of hydrogen-bond donors (Lipinski definition) is 4. The molecule has 8 heteroatoms. The number of carboxylic acids is 1. The number of aromatic nitrogens is 1. The SMILES string of the molecule is CC(NC(=O)OCc1ccccc1)C(=O)N[C@@H](Cc1c[nH]c2ccccc12)C(=O)O. The van der Waals surface area contributed by atoms with Gasteiger partial charge in [-0.25, -0.2) is 9.59 Å². The summed E-state index contributed by atoms with van der Waals surface area (Å²) in [6.07, 6.45) is 1.08. The monoisotopic (exact) mass is 409 g/mol. The number of fused-ring (bicyclic) bond motifs is 1. The highest BCUT2D eigenvalue weighted by molar-refractivity contribution is 5.90. The normalized spacial score (nSPS) is 12.7. The summed E-state index contributed by atoms with van der Waals surface area (Å²) in [5.74, 6) is -1.77. The van der Waals surface area contributed by atoms with Gasteiger partial charge in [-0.3, -0.25) is 4.79 Å². The molecule has 0 spiro atoms. The number of H-pyrrole nitrogens is 1. The zero-order chi connectivity index (χ0) is 21.5. The van der Waals surface area contributed by atoms with E-state index in [1.807, 2.05) is 54.6 Å². The van der Waals surface area contributed by atoms with Gasteiger partial charge < -0.3 is 25.5 Å². The molecule has 2 atom stereocenters. The van der Waals surface area contributed by atoms with Crippen LogP contribution in [0.2, 0.25) is 0 Å². The molecule has 0 aliphatic heterocycles. The number of amides is 2. The molecule has 0 saturated heterocycles. The van der Waals surface area contributed by atoms with Gasteiger partial charge in [0.05, 0.1) is 0 Å². The van der Waals surface area contributed by atoms with Gasteiger partial charge in [-0.05, 0) is 24.1 Å². The van der Waals surface area contributed by atoms with Crippen molar-refractivity contribution in [3.8, 4) is 0 Å². The topological polar surface area (TPSA) is 121 Å². The van der Waals surface area contributed by atoms with Crippen molar-refractivity contribution in [2.45, 2.75) is 32.0 Å². The lowest BCUT2D eigenvalue weighted by molar-refractivity contribution is -0.142. The predicted molar refractivity (Wildman–Crippen MR) is 111 cm³/mol. The second-order valence-electron chi connectivity index (χ2n) is 6.89. The highest BCUT2D eigenvalue weighted by atomic mass is 16.5. The van der Waals surface area contributed by atoms with E-state index in [-0.39, 0.29) is 13.0 Å². The van der Waals surface area contributed by atoms with Crippen LogP contribution in [0.1, 0.15) is 18.1 Å². The molecule has 3 rings (SSSR count). The fourth-order valence-corrected chi connectivity index (χ4v) is 3.02. The summed E-state index contributed by atoms with van der Waals surface area (Å²) in [5.41, 5.74) is 2.48. The standard InChI is InChI=1S/C22H23N3O5/c1-14(24-22(29)30-13-15-7-3-2-4-8-15)20(26)25-19(21(27)28)11-16-12-23-18-10-6-5-9-17(16)18/h2-10,12,14,19,23H,11,13H2,1H3,(H,24,29)(H,25,26)(H,27,28)/t14?,19-/m0/s1. The number of hydrogen-bond acceptors (Lipinski definition) is 4. The largest absolute Gasteiger partial charge is 0.480 e. The van der Waals surface area contributed by atoms with Gasteiger partial charge in [0, 0.05) is 23.5 Å². The van der Waals surface area contributed by atoms with Crippen LogP contribution < -0.4 is 10.6 Å². The minimum Gasteiger partial charge on any atom is -0.480 e. The summed E-state index contributed by atoms with van der Waals surface area (Å²) >= 11 is 0. The molecule has 30 heavy (non-hydrogen) atoms. The van der Waals surface area contributed by atoms with E-state index in [4.69, 9.17) is 4.74 Å². The van der Waals surface area contributed by atoms with Crippen molar-refractivity contribution in [1.82, 2.24) is 15.6 Å². The molecule has 0 radical (unpaired) electrons. The number of rotatable bonds is 8. The predicted octanol–water partition coefficient (Wildman–Crippen LogP) is 2.59. The third-order valence-electron chi connectivity index (χ3n) is 4.65. The van der Waals surface area contributed by atoms with E-state index in [2.05, 4.69) is 15.6 Å². The summed E-state index contributed by atoms with van der Waals surface area (Å²) in [5, 5.41) is 15.3. The van der Waals surface area contributed by atoms with Gasteiger partial charge >= 0.3 is 12.1 Å². The first-order valence-corrected chi connectivity index (χ1v) is 9.49. The minimum absolute atomic E-state index is 0.0688. The molecule has 0 aliphatic rings. The minimum atomic E-state index is -1.16. The molecule has 0 bridgehead atoms. The van der Waals surface area contributed by atoms with Crippen molar-refractivity contribution in [3.63, 3.8) is 0 Å². The number of alkyl carbamates (subject to hydrolysis) is 1. The van der Waals surface area contributed by atoms with Crippen LogP contribution in [0, 0.1) is 0 Å². The summed E-state index contributed by atoms with van der Waals surface area (Å²) < 4.78 is 5.08. The van der Waals surface area contributed by atoms with Gasteiger partial charge in [-0.2, -0.15) is 0 Å². The molecular weight excluding hydrogens is 386 g/mol. The van der Waals surface area contributed by atoms with Gasteiger partial charge in [-0.1, -0.05) is 48.5 Å². The summed E-state index contributed by atoms with van der Waals surface area (Å²) in [6, 6.07) is 14.5. The Morgan fingerprint density at radius 2 is 1.73 bits per heavy atom. The fourth-order valence-electron chi connectivity index (χ4n) is 3.02. The van der Waals surface area contributed by atoms with E-state index >= 15 is 0 Å². The first-order chi connectivity index (χ1) is 14.4. The Morgan fingerprint density at radius 1 is 1.03 bits per heavy atom. The van der Waals surface area contributed by atoms with Crippen molar-refractivity contribution >= 4 is 28.9 Å². The number of para-hydroxylation sites is 1. The molecule has 2 aromatic carbocycles. The van der Waals surface area contributed by atoms with Gasteiger partial charge in [0.15, 0.2) is 0 Å². The fraction of sp³-hybridized carbons (Fsp3) is 0.227. The van der Waals surface area contributed by atoms with Crippen molar-refractivity contribution in [1.29, 1.82) is 0 Å². The molecule has 1 aromatic heterocycles. The molecule has 0 saturated carbocycles. The summed E-state index contributed by atoms with van der Waals surface area (Å²) in [4.78, 5) is 39.1. The second-order valence-corrected chi connectivity index (χ2v) is 6.89. The van der Waals surface area contributed by atoms with E-state index in [9.17, 15) is 19.5 Å². The maximum Gasteiger partial charge on any atom is 0.408 e. The molecule has 3 aromatic rings. The Labute approximate surface area is 173 Å². The lowest BCUT2D eigenvalue weighted by atomic mass is 10.0.